The van der Waals surface area contributed by atoms with E-state index in [1.165, 1.54) is 6.08 Å². The first-order chi connectivity index (χ1) is 6.34. The normalized spacial score (nSPS) is 11.2. The first-order valence-electron chi connectivity index (χ1n) is 3.32. The molecule has 0 heterocycles. The van der Waals surface area contributed by atoms with Crippen LogP contribution >= 0.6 is 23.2 Å². The zero-order valence-electron chi connectivity index (χ0n) is 6.81. The number of hydrogen-bond acceptors (Lipinski definition) is 3. The molecule has 7 heteroatoms. The summed E-state index contributed by atoms with van der Waals surface area (Å²) < 4.78 is 25.1. The smallest absolute Gasteiger partial charge is 0.351 e. The molecule has 0 unspecified atom stereocenters. The summed E-state index contributed by atoms with van der Waals surface area (Å²) in [6, 6.07) is 0. The Kier molecular flexibility index (Phi) is 5.01. The first-order valence-corrected chi connectivity index (χ1v) is 4.08. The molecule has 0 aliphatic rings. The van der Waals surface area contributed by atoms with Gasteiger partial charge in [0.25, 0.3) is 10.8 Å². The van der Waals surface area contributed by atoms with E-state index in [0.717, 1.165) is 0 Å². The average molecular weight is 247 g/mol. The van der Waals surface area contributed by atoms with Gasteiger partial charge in [0.1, 0.15) is 6.61 Å². The number of ketones is 1. The zero-order valence-corrected chi connectivity index (χ0v) is 8.32. The molecule has 0 aliphatic heterocycles. The molecule has 0 fully saturated rings. The Balaban J connectivity index is 4.52. The van der Waals surface area contributed by atoms with Gasteiger partial charge in [-0.3, -0.25) is 4.79 Å². The third-order valence-electron chi connectivity index (χ3n) is 1.10. The van der Waals surface area contributed by atoms with Gasteiger partial charge in [-0.05, 0) is 0 Å². The van der Waals surface area contributed by atoms with Crippen LogP contribution in [0.15, 0.2) is 12.7 Å². The second kappa shape index (κ2) is 5.26. The molecular weight excluding hydrogens is 241 g/mol. The average Bonchev–Trinajstić information content (AvgIpc) is 2.12. The zero-order chi connectivity index (χ0) is 11.4. The molecule has 0 bridgehead atoms. The first kappa shape index (κ1) is 13.3. The fourth-order valence-corrected chi connectivity index (χ4v) is 0.737. The molecule has 0 saturated heterocycles. The quantitative estimate of drug-likeness (QED) is 0.321. The van der Waals surface area contributed by atoms with E-state index in [1.807, 2.05) is 0 Å². The van der Waals surface area contributed by atoms with Crippen molar-refractivity contribution in [3.8, 4) is 0 Å². The van der Waals surface area contributed by atoms with Crippen molar-refractivity contribution in [3.63, 3.8) is 0 Å². The van der Waals surface area contributed by atoms with Crippen LogP contribution in [0.1, 0.15) is 0 Å². The van der Waals surface area contributed by atoms with Crippen LogP contribution in [0.3, 0.4) is 0 Å². The van der Waals surface area contributed by atoms with Crippen LogP contribution in [0.4, 0.5) is 8.78 Å². The van der Waals surface area contributed by atoms with E-state index in [9.17, 15) is 18.4 Å². The van der Waals surface area contributed by atoms with Gasteiger partial charge < -0.3 is 4.74 Å². The Morgan fingerprint density at radius 1 is 1.50 bits per heavy atom. The van der Waals surface area contributed by atoms with Crippen molar-refractivity contribution in [1.82, 2.24) is 0 Å². The number of alkyl halides is 4. The number of rotatable bonds is 5. The van der Waals surface area contributed by atoms with Crippen molar-refractivity contribution < 1.29 is 23.1 Å². The Morgan fingerprint density at radius 3 is 2.36 bits per heavy atom. The van der Waals surface area contributed by atoms with Crippen molar-refractivity contribution in [2.75, 3.05) is 6.61 Å². The maximum atomic E-state index is 11.9. The summed E-state index contributed by atoms with van der Waals surface area (Å²) in [4.78, 5) is 21.5. The summed E-state index contributed by atoms with van der Waals surface area (Å²) in [6.07, 6.45) is -2.25. The lowest BCUT2D eigenvalue weighted by atomic mass is 10.3. The molecule has 0 saturated carbocycles. The number of halogens is 4. The summed E-state index contributed by atoms with van der Waals surface area (Å²) >= 11 is 10.2. The van der Waals surface area contributed by atoms with Gasteiger partial charge in [-0.1, -0.05) is 35.9 Å². The van der Waals surface area contributed by atoms with Gasteiger partial charge in [-0.15, -0.1) is 0 Å². The van der Waals surface area contributed by atoms with Crippen LogP contribution in [0.5, 0.6) is 0 Å². The van der Waals surface area contributed by atoms with Gasteiger partial charge in [-0.25, -0.2) is 13.6 Å². The van der Waals surface area contributed by atoms with Crippen LogP contribution < -0.4 is 0 Å². The summed E-state index contributed by atoms with van der Waals surface area (Å²) in [6.45, 7) is 2.93. The Hall–Kier alpha value is -0.680. The third-order valence-corrected chi connectivity index (χ3v) is 1.78. The lowest BCUT2D eigenvalue weighted by Crippen LogP contribution is -2.40. The van der Waals surface area contributed by atoms with E-state index in [4.69, 9.17) is 23.2 Å². The van der Waals surface area contributed by atoms with Gasteiger partial charge in [0, 0.05) is 0 Å². The number of carbonyl (C=O) groups is 2. The van der Waals surface area contributed by atoms with Gasteiger partial charge >= 0.3 is 5.97 Å². The van der Waals surface area contributed by atoms with Crippen LogP contribution in [0.2, 0.25) is 0 Å². The molecule has 14 heavy (non-hydrogen) atoms. The van der Waals surface area contributed by atoms with Crippen LogP contribution in [-0.4, -0.2) is 29.1 Å². The van der Waals surface area contributed by atoms with Crippen molar-refractivity contribution in [2.45, 2.75) is 10.8 Å². The number of ether oxygens (including phenoxy) is 1. The second-order valence-corrected chi connectivity index (χ2v) is 3.45. The lowest BCUT2D eigenvalue weighted by Gasteiger charge is -2.15. The van der Waals surface area contributed by atoms with E-state index in [2.05, 4.69) is 11.3 Å². The largest absolute Gasteiger partial charge is 0.459 e. The highest BCUT2D eigenvalue weighted by molar-refractivity contribution is 6.67. The van der Waals surface area contributed by atoms with Crippen molar-refractivity contribution in [1.29, 1.82) is 0 Å². The maximum absolute atomic E-state index is 11.9. The van der Waals surface area contributed by atoms with E-state index in [1.54, 1.807) is 0 Å². The van der Waals surface area contributed by atoms with Gasteiger partial charge in [0.05, 0.1) is 0 Å². The van der Waals surface area contributed by atoms with E-state index in [-0.39, 0.29) is 6.61 Å². The van der Waals surface area contributed by atoms with E-state index < -0.39 is 22.5 Å². The Morgan fingerprint density at radius 2 is 2.00 bits per heavy atom. The fraction of sp³-hybridized carbons (Fsp3) is 0.429. The highest BCUT2D eigenvalue weighted by Crippen LogP contribution is 2.26. The number of Topliss-reactive ketones (excluding diaryl/α,β-unsaturated/α-hetero) is 1. The monoisotopic (exact) mass is 246 g/mol. The maximum Gasteiger partial charge on any atom is 0.351 e. The molecule has 0 aromatic carbocycles. The summed E-state index contributed by atoms with van der Waals surface area (Å²) in [5, 5.41) is 0. The minimum Gasteiger partial charge on any atom is -0.459 e. The number of esters is 1. The SMILES string of the molecule is C=CCOC(=O)C(Cl)(Cl)C(=O)C(F)F. The van der Waals surface area contributed by atoms with Gasteiger partial charge in [-0.2, -0.15) is 0 Å². The van der Waals surface area contributed by atoms with Gasteiger partial charge in [0.15, 0.2) is 0 Å². The highest BCUT2D eigenvalue weighted by Gasteiger charge is 2.47. The standard InChI is InChI=1S/C7H6Cl2F2O3/c1-2-3-14-6(13)7(8,9)4(12)5(10)11/h2,5H,1,3H2. The molecule has 0 aromatic rings. The molecule has 0 N–H and O–H groups in total. The second-order valence-electron chi connectivity index (χ2n) is 2.13. The molecular formula is C7H6Cl2F2O3. The third kappa shape index (κ3) is 3.23. The molecule has 0 aromatic heterocycles. The van der Waals surface area contributed by atoms with Crippen molar-refractivity contribution in [3.05, 3.63) is 12.7 Å². The topological polar surface area (TPSA) is 43.4 Å². The van der Waals surface area contributed by atoms with E-state index in [0.29, 0.717) is 0 Å². The molecule has 0 radical (unpaired) electrons. The summed E-state index contributed by atoms with van der Waals surface area (Å²) in [5.74, 6) is -3.35. The van der Waals surface area contributed by atoms with Crippen molar-refractivity contribution in [2.24, 2.45) is 0 Å². The molecule has 0 rings (SSSR count). The van der Waals surface area contributed by atoms with Crippen molar-refractivity contribution >= 4 is 35.0 Å². The van der Waals surface area contributed by atoms with Crippen LogP contribution in [0.25, 0.3) is 0 Å². The molecule has 0 atom stereocenters. The summed E-state index contributed by atoms with van der Waals surface area (Å²) in [7, 11) is 0. The molecule has 80 valence electrons. The lowest BCUT2D eigenvalue weighted by molar-refractivity contribution is -0.148. The highest BCUT2D eigenvalue weighted by atomic mass is 35.5. The number of carbonyl (C=O) groups excluding carboxylic acids is 2. The number of hydrogen-bond donors (Lipinski definition) is 0. The fourth-order valence-electron chi connectivity index (χ4n) is 0.463. The molecule has 0 spiro atoms. The Labute approximate surface area is 88.6 Å². The summed E-state index contributed by atoms with van der Waals surface area (Å²) in [5.41, 5.74) is 0. The van der Waals surface area contributed by atoms with Crippen LogP contribution in [-0.2, 0) is 14.3 Å². The van der Waals surface area contributed by atoms with Crippen LogP contribution in [0, 0.1) is 0 Å². The minimum absolute atomic E-state index is 0.267. The van der Waals surface area contributed by atoms with Gasteiger partial charge in [0.2, 0.25) is 5.78 Å². The molecule has 0 aliphatic carbocycles. The Bertz CT molecular complexity index is 253. The molecule has 3 nitrogen and oxygen atoms in total. The minimum atomic E-state index is -3.43. The van der Waals surface area contributed by atoms with E-state index >= 15 is 0 Å². The predicted molar refractivity (Wildman–Crippen MR) is 46.6 cm³/mol. The molecule has 0 amide bonds. The predicted octanol–water partition coefficient (Wildman–Crippen LogP) is 1.72.